The highest BCUT2D eigenvalue weighted by molar-refractivity contribution is 6.30. The third kappa shape index (κ3) is 4.01. The van der Waals surface area contributed by atoms with Crippen molar-refractivity contribution in [2.24, 2.45) is 0 Å². The van der Waals surface area contributed by atoms with E-state index < -0.39 is 0 Å². The lowest BCUT2D eigenvalue weighted by Gasteiger charge is -2.32. The number of halogens is 1. The number of nitrogens with zero attached hydrogens (tertiary/aromatic N) is 4. The van der Waals surface area contributed by atoms with Crippen molar-refractivity contribution in [3.05, 3.63) is 46.7 Å². The monoisotopic (exact) mass is 345 g/mol. The molecule has 24 heavy (non-hydrogen) atoms. The van der Waals surface area contributed by atoms with E-state index in [1.807, 2.05) is 24.0 Å². The Morgan fingerprint density at radius 3 is 2.62 bits per heavy atom. The first-order chi connectivity index (χ1) is 11.5. The molecule has 1 amide bonds. The zero-order valence-corrected chi connectivity index (χ0v) is 14.5. The number of likely N-dealkylation sites (N-methyl/N-ethyl adjacent to an activating group) is 1. The summed E-state index contributed by atoms with van der Waals surface area (Å²) in [5.74, 6) is 0.345. The molecule has 0 saturated carbocycles. The number of hydrogen-bond acceptors (Lipinski definition) is 5. The van der Waals surface area contributed by atoms with Crippen LogP contribution in [0.3, 0.4) is 0 Å². The zero-order chi connectivity index (χ0) is 17.1. The first kappa shape index (κ1) is 16.7. The van der Waals surface area contributed by atoms with E-state index in [0.717, 1.165) is 37.6 Å². The molecular weight excluding hydrogens is 326 g/mol. The van der Waals surface area contributed by atoms with Crippen LogP contribution in [0.1, 0.15) is 16.2 Å². The van der Waals surface area contributed by atoms with E-state index in [1.165, 1.54) is 0 Å². The summed E-state index contributed by atoms with van der Waals surface area (Å²) in [5, 5.41) is 3.73. The Labute approximate surface area is 146 Å². The second kappa shape index (κ2) is 7.15. The summed E-state index contributed by atoms with van der Waals surface area (Å²) in [6.07, 6.45) is 0. The number of aryl methyl sites for hydroxylation is 1. The molecule has 6 nitrogen and oxygen atoms in total. The highest BCUT2D eigenvalue weighted by atomic mass is 35.5. The Balaban J connectivity index is 1.79. The molecule has 3 rings (SSSR count). The Morgan fingerprint density at radius 1 is 1.17 bits per heavy atom. The zero-order valence-electron chi connectivity index (χ0n) is 13.8. The lowest BCUT2D eigenvalue weighted by molar-refractivity contribution is 0.0658. The van der Waals surface area contributed by atoms with Crippen molar-refractivity contribution in [1.82, 2.24) is 19.8 Å². The van der Waals surface area contributed by atoms with Gasteiger partial charge in [-0.1, -0.05) is 17.7 Å². The standard InChI is InChI=1S/C17H20ClN5O/c1-12-10-15(16(24)23-8-6-22(2)7-9-23)21-17(19-12)20-14-5-3-4-13(18)11-14/h3-5,10-11H,6-9H2,1-2H3,(H,19,20,21). The number of anilines is 2. The van der Waals surface area contributed by atoms with Gasteiger partial charge in [-0.3, -0.25) is 4.79 Å². The predicted molar refractivity (Wildman–Crippen MR) is 94.9 cm³/mol. The van der Waals surface area contributed by atoms with Crippen LogP contribution >= 0.6 is 11.6 Å². The molecule has 7 heteroatoms. The van der Waals surface area contributed by atoms with Gasteiger partial charge in [-0.2, -0.15) is 0 Å². The number of aromatic nitrogens is 2. The summed E-state index contributed by atoms with van der Waals surface area (Å²) in [7, 11) is 2.06. The van der Waals surface area contributed by atoms with Crippen molar-refractivity contribution < 1.29 is 4.79 Å². The Kier molecular flexibility index (Phi) is 4.97. The topological polar surface area (TPSA) is 61.4 Å². The van der Waals surface area contributed by atoms with Gasteiger partial charge in [-0.05, 0) is 38.2 Å². The number of nitrogens with one attached hydrogen (secondary N) is 1. The van der Waals surface area contributed by atoms with E-state index in [0.29, 0.717) is 16.7 Å². The van der Waals surface area contributed by atoms with Crippen LogP contribution in [0.4, 0.5) is 11.6 Å². The highest BCUT2D eigenvalue weighted by Gasteiger charge is 2.22. The minimum atomic E-state index is -0.0530. The van der Waals surface area contributed by atoms with E-state index in [1.54, 1.807) is 18.2 Å². The molecule has 0 aliphatic carbocycles. The summed E-state index contributed by atoms with van der Waals surface area (Å²) >= 11 is 5.99. The molecule has 1 aromatic carbocycles. The number of benzene rings is 1. The van der Waals surface area contributed by atoms with Crippen LogP contribution in [-0.2, 0) is 0 Å². The number of carbonyl (C=O) groups excluding carboxylic acids is 1. The van der Waals surface area contributed by atoms with Gasteiger partial charge in [0.15, 0.2) is 0 Å². The van der Waals surface area contributed by atoms with Crippen LogP contribution in [0.2, 0.25) is 5.02 Å². The third-order valence-corrected chi connectivity index (χ3v) is 4.18. The molecule has 0 atom stereocenters. The molecule has 0 bridgehead atoms. The molecule has 0 spiro atoms. The maximum Gasteiger partial charge on any atom is 0.272 e. The number of piperazine rings is 1. The van der Waals surface area contributed by atoms with Gasteiger partial charge in [0.1, 0.15) is 5.69 Å². The van der Waals surface area contributed by atoms with Gasteiger partial charge in [0.25, 0.3) is 5.91 Å². The van der Waals surface area contributed by atoms with Crippen molar-refractivity contribution in [2.75, 3.05) is 38.5 Å². The van der Waals surface area contributed by atoms with Crippen molar-refractivity contribution in [2.45, 2.75) is 6.92 Å². The van der Waals surface area contributed by atoms with Crippen LogP contribution in [0, 0.1) is 6.92 Å². The fourth-order valence-corrected chi connectivity index (χ4v) is 2.79. The minimum absolute atomic E-state index is 0.0530. The van der Waals surface area contributed by atoms with Crippen molar-refractivity contribution in [3.63, 3.8) is 0 Å². The molecule has 2 aromatic rings. The van der Waals surface area contributed by atoms with Crippen LogP contribution in [-0.4, -0.2) is 58.9 Å². The van der Waals surface area contributed by atoms with Gasteiger partial charge < -0.3 is 15.1 Å². The fraction of sp³-hybridized carbons (Fsp3) is 0.353. The fourth-order valence-electron chi connectivity index (χ4n) is 2.60. The van der Waals surface area contributed by atoms with E-state index >= 15 is 0 Å². The molecule has 1 saturated heterocycles. The number of amides is 1. The van der Waals surface area contributed by atoms with Crippen LogP contribution in [0.15, 0.2) is 30.3 Å². The molecule has 1 aliphatic heterocycles. The summed E-state index contributed by atoms with van der Waals surface area (Å²) < 4.78 is 0. The van der Waals surface area contributed by atoms with E-state index in [9.17, 15) is 4.79 Å². The van der Waals surface area contributed by atoms with Crippen LogP contribution < -0.4 is 5.32 Å². The van der Waals surface area contributed by atoms with Gasteiger partial charge in [0.05, 0.1) is 0 Å². The molecular formula is C17H20ClN5O. The quantitative estimate of drug-likeness (QED) is 0.926. The number of rotatable bonds is 3. The molecule has 0 unspecified atom stereocenters. The molecule has 2 heterocycles. The maximum atomic E-state index is 12.7. The van der Waals surface area contributed by atoms with Crippen LogP contribution in [0.5, 0.6) is 0 Å². The molecule has 1 N–H and O–H groups in total. The van der Waals surface area contributed by atoms with E-state index in [-0.39, 0.29) is 5.91 Å². The Morgan fingerprint density at radius 2 is 1.92 bits per heavy atom. The first-order valence-electron chi connectivity index (χ1n) is 7.87. The van der Waals surface area contributed by atoms with Crippen molar-refractivity contribution in [3.8, 4) is 0 Å². The third-order valence-electron chi connectivity index (χ3n) is 3.94. The second-order valence-electron chi connectivity index (χ2n) is 5.95. The SMILES string of the molecule is Cc1cc(C(=O)N2CCN(C)CC2)nc(Nc2cccc(Cl)c2)n1. The van der Waals surface area contributed by atoms with Gasteiger partial charge in [0, 0.05) is 42.6 Å². The largest absolute Gasteiger partial charge is 0.335 e. The average molecular weight is 346 g/mol. The minimum Gasteiger partial charge on any atom is -0.335 e. The van der Waals surface area contributed by atoms with Crippen LogP contribution in [0.25, 0.3) is 0 Å². The highest BCUT2D eigenvalue weighted by Crippen LogP contribution is 2.19. The first-order valence-corrected chi connectivity index (χ1v) is 8.25. The van der Waals surface area contributed by atoms with Gasteiger partial charge in [0.2, 0.25) is 5.95 Å². The molecule has 126 valence electrons. The molecule has 1 aromatic heterocycles. The molecule has 1 fully saturated rings. The summed E-state index contributed by atoms with van der Waals surface area (Å²) in [4.78, 5) is 25.5. The summed E-state index contributed by atoms with van der Waals surface area (Å²) in [6.45, 7) is 5.04. The van der Waals surface area contributed by atoms with Gasteiger partial charge in [-0.15, -0.1) is 0 Å². The maximum absolute atomic E-state index is 12.7. The lowest BCUT2D eigenvalue weighted by Crippen LogP contribution is -2.47. The Hall–Kier alpha value is -2.18. The second-order valence-corrected chi connectivity index (χ2v) is 6.39. The molecule has 0 radical (unpaired) electrons. The van der Waals surface area contributed by atoms with Gasteiger partial charge in [-0.25, -0.2) is 9.97 Å². The van der Waals surface area contributed by atoms with Crippen molar-refractivity contribution in [1.29, 1.82) is 0 Å². The van der Waals surface area contributed by atoms with Gasteiger partial charge >= 0.3 is 0 Å². The van der Waals surface area contributed by atoms with E-state index in [4.69, 9.17) is 11.6 Å². The van der Waals surface area contributed by atoms with Crippen molar-refractivity contribution >= 4 is 29.1 Å². The van der Waals surface area contributed by atoms with E-state index in [2.05, 4.69) is 27.2 Å². The molecule has 1 aliphatic rings. The smallest absolute Gasteiger partial charge is 0.272 e. The lowest BCUT2D eigenvalue weighted by atomic mass is 10.2. The predicted octanol–water partition coefficient (Wildman–Crippen LogP) is 2.57. The Bertz CT molecular complexity index is 744. The normalized spacial score (nSPS) is 15.4. The average Bonchev–Trinajstić information content (AvgIpc) is 2.54. The summed E-state index contributed by atoms with van der Waals surface area (Å²) in [6, 6.07) is 9.03. The summed E-state index contributed by atoms with van der Waals surface area (Å²) in [5.41, 5.74) is 1.94. The number of carbonyl (C=O) groups is 1. The number of hydrogen-bond donors (Lipinski definition) is 1.